The molecule has 0 spiro atoms. The number of aromatic nitrogens is 2. The fourth-order valence-corrected chi connectivity index (χ4v) is 4.26. The van der Waals surface area contributed by atoms with Gasteiger partial charge in [0.2, 0.25) is 5.91 Å². The lowest BCUT2D eigenvalue weighted by molar-refractivity contribution is -0.120. The molecule has 1 aromatic heterocycles. The Hall–Kier alpha value is -2.63. The Bertz CT molecular complexity index is 744. The lowest BCUT2D eigenvalue weighted by Crippen LogP contribution is -2.47. The Labute approximate surface area is 146 Å². The fourth-order valence-electron chi connectivity index (χ4n) is 4.26. The van der Waals surface area contributed by atoms with Gasteiger partial charge in [-0.1, -0.05) is 31.0 Å². The molecule has 6 nitrogen and oxygen atoms in total. The Morgan fingerprint density at radius 2 is 1.96 bits per heavy atom. The van der Waals surface area contributed by atoms with E-state index in [1.54, 1.807) is 12.4 Å². The van der Waals surface area contributed by atoms with Crippen LogP contribution in [-0.4, -0.2) is 39.0 Å². The van der Waals surface area contributed by atoms with E-state index < -0.39 is 6.04 Å². The Balaban J connectivity index is 1.61. The molecule has 1 aliphatic heterocycles. The van der Waals surface area contributed by atoms with E-state index in [0.717, 1.165) is 25.7 Å². The molecule has 2 aliphatic rings. The van der Waals surface area contributed by atoms with Gasteiger partial charge in [0, 0.05) is 17.8 Å². The number of aromatic amines is 1. The third-order valence-electron chi connectivity index (χ3n) is 5.41. The SMILES string of the molecule is O=C(Nc1cn[nH]c1)[C@@H]1C[C@@H]2CCCC[C@H]2N1C(=O)c1ccccc1. The van der Waals surface area contributed by atoms with Crippen molar-refractivity contribution in [3.05, 3.63) is 48.3 Å². The van der Waals surface area contributed by atoms with E-state index in [0.29, 0.717) is 17.2 Å². The number of hydrogen-bond donors (Lipinski definition) is 2. The van der Waals surface area contributed by atoms with Gasteiger partial charge in [-0.2, -0.15) is 5.10 Å². The van der Waals surface area contributed by atoms with Crippen LogP contribution in [0.1, 0.15) is 42.5 Å². The minimum Gasteiger partial charge on any atom is -0.323 e. The van der Waals surface area contributed by atoms with Crippen LogP contribution in [0.5, 0.6) is 0 Å². The molecule has 1 saturated carbocycles. The number of H-pyrrole nitrogens is 1. The first kappa shape index (κ1) is 15.9. The molecule has 1 aromatic carbocycles. The second kappa shape index (κ2) is 6.70. The number of likely N-dealkylation sites (tertiary alicyclic amines) is 1. The van der Waals surface area contributed by atoms with Crippen molar-refractivity contribution in [2.45, 2.75) is 44.2 Å². The van der Waals surface area contributed by atoms with Crippen LogP contribution in [0.3, 0.4) is 0 Å². The van der Waals surface area contributed by atoms with E-state index in [2.05, 4.69) is 15.5 Å². The lowest BCUT2D eigenvalue weighted by atomic mass is 9.84. The number of anilines is 1. The molecule has 2 amide bonds. The number of benzene rings is 1. The Kier molecular flexibility index (Phi) is 4.26. The average Bonchev–Trinajstić information content (AvgIpc) is 3.29. The van der Waals surface area contributed by atoms with E-state index in [1.807, 2.05) is 35.2 Å². The summed E-state index contributed by atoms with van der Waals surface area (Å²) in [6.07, 6.45) is 8.34. The van der Waals surface area contributed by atoms with E-state index in [1.165, 1.54) is 6.42 Å². The number of hydrogen-bond acceptors (Lipinski definition) is 3. The molecule has 4 rings (SSSR count). The zero-order chi connectivity index (χ0) is 17.2. The van der Waals surface area contributed by atoms with E-state index in [4.69, 9.17) is 0 Å². The van der Waals surface area contributed by atoms with E-state index in [9.17, 15) is 9.59 Å². The average molecular weight is 338 g/mol. The molecule has 2 N–H and O–H groups in total. The smallest absolute Gasteiger partial charge is 0.254 e. The highest BCUT2D eigenvalue weighted by atomic mass is 16.2. The van der Waals surface area contributed by atoms with Crippen molar-refractivity contribution in [1.82, 2.24) is 15.1 Å². The van der Waals surface area contributed by atoms with Crippen molar-refractivity contribution in [2.75, 3.05) is 5.32 Å². The van der Waals surface area contributed by atoms with Gasteiger partial charge < -0.3 is 10.2 Å². The van der Waals surface area contributed by atoms with Gasteiger partial charge in [0.05, 0.1) is 11.9 Å². The second-order valence-electron chi connectivity index (χ2n) is 6.92. The number of carbonyl (C=O) groups is 2. The summed E-state index contributed by atoms with van der Waals surface area (Å²) in [7, 11) is 0. The van der Waals surface area contributed by atoms with Crippen molar-refractivity contribution in [3.63, 3.8) is 0 Å². The minimum atomic E-state index is -0.421. The van der Waals surface area contributed by atoms with Crippen LogP contribution in [0.15, 0.2) is 42.7 Å². The lowest BCUT2D eigenvalue weighted by Gasteiger charge is -2.33. The van der Waals surface area contributed by atoms with Gasteiger partial charge >= 0.3 is 0 Å². The first-order valence-corrected chi connectivity index (χ1v) is 8.91. The molecule has 130 valence electrons. The summed E-state index contributed by atoms with van der Waals surface area (Å²) in [5.41, 5.74) is 1.28. The molecule has 3 atom stereocenters. The topological polar surface area (TPSA) is 78.1 Å². The van der Waals surface area contributed by atoms with Crippen molar-refractivity contribution >= 4 is 17.5 Å². The van der Waals surface area contributed by atoms with Crippen molar-refractivity contribution in [2.24, 2.45) is 5.92 Å². The molecule has 0 radical (unpaired) electrons. The van der Waals surface area contributed by atoms with Crippen LogP contribution < -0.4 is 5.32 Å². The normalized spacial score (nSPS) is 25.4. The monoisotopic (exact) mass is 338 g/mol. The van der Waals surface area contributed by atoms with Crippen LogP contribution in [0.25, 0.3) is 0 Å². The van der Waals surface area contributed by atoms with Crippen LogP contribution in [0.4, 0.5) is 5.69 Å². The second-order valence-corrected chi connectivity index (χ2v) is 6.92. The van der Waals surface area contributed by atoms with Gasteiger partial charge in [0.1, 0.15) is 6.04 Å². The summed E-state index contributed by atoms with van der Waals surface area (Å²) < 4.78 is 0. The number of amides is 2. The van der Waals surface area contributed by atoms with Gasteiger partial charge in [0.25, 0.3) is 5.91 Å². The molecule has 6 heteroatoms. The molecule has 0 unspecified atom stereocenters. The highest BCUT2D eigenvalue weighted by Crippen LogP contribution is 2.40. The number of carbonyl (C=O) groups excluding carboxylic acids is 2. The molecule has 0 bridgehead atoms. The van der Waals surface area contributed by atoms with Gasteiger partial charge in [0.15, 0.2) is 0 Å². The number of nitrogens with one attached hydrogen (secondary N) is 2. The molecule has 2 fully saturated rings. The predicted octanol–water partition coefficient (Wildman–Crippen LogP) is 2.82. The Morgan fingerprint density at radius 1 is 1.16 bits per heavy atom. The van der Waals surface area contributed by atoms with Crippen LogP contribution in [0.2, 0.25) is 0 Å². The third kappa shape index (κ3) is 3.04. The molecule has 25 heavy (non-hydrogen) atoms. The summed E-state index contributed by atoms with van der Waals surface area (Å²) in [6, 6.07) is 9.02. The van der Waals surface area contributed by atoms with Crippen molar-refractivity contribution in [1.29, 1.82) is 0 Å². The predicted molar refractivity (Wildman–Crippen MR) is 94.0 cm³/mol. The highest BCUT2D eigenvalue weighted by Gasteiger charge is 2.47. The quantitative estimate of drug-likeness (QED) is 0.903. The summed E-state index contributed by atoms with van der Waals surface area (Å²) in [5.74, 6) is 0.254. The maximum Gasteiger partial charge on any atom is 0.254 e. The van der Waals surface area contributed by atoms with Crippen LogP contribution in [0, 0.1) is 5.92 Å². The zero-order valence-corrected chi connectivity index (χ0v) is 14.0. The number of rotatable bonds is 3. The van der Waals surface area contributed by atoms with Gasteiger partial charge in [-0.3, -0.25) is 14.7 Å². The largest absolute Gasteiger partial charge is 0.323 e. The minimum absolute atomic E-state index is 0.0395. The van der Waals surface area contributed by atoms with Crippen LogP contribution in [-0.2, 0) is 4.79 Å². The molecule has 2 aromatic rings. The highest BCUT2D eigenvalue weighted by molar-refractivity contribution is 6.01. The number of nitrogens with zero attached hydrogens (tertiary/aromatic N) is 2. The summed E-state index contributed by atoms with van der Waals surface area (Å²) >= 11 is 0. The first-order chi connectivity index (χ1) is 12.2. The fraction of sp³-hybridized carbons (Fsp3) is 0.421. The van der Waals surface area contributed by atoms with Gasteiger partial charge in [-0.05, 0) is 37.3 Å². The van der Waals surface area contributed by atoms with E-state index >= 15 is 0 Å². The Morgan fingerprint density at radius 3 is 2.72 bits per heavy atom. The number of fused-ring (bicyclic) bond motifs is 1. The molecular formula is C19H22N4O2. The summed E-state index contributed by atoms with van der Waals surface area (Å²) in [4.78, 5) is 27.8. The third-order valence-corrected chi connectivity index (χ3v) is 5.41. The molecule has 1 saturated heterocycles. The van der Waals surface area contributed by atoms with E-state index in [-0.39, 0.29) is 17.9 Å². The van der Waals surface area contributed by atoms with Gasteiger partial charge in [-0.15, -0.1) is 0 Å². The maximum atomic E-state index is 13.1. The van der Waals surface area contributed by atoms with Gasteiger partial charge in [-0.25, -0.2) is 0 Å². The molecule has 1 aliphatic carbocycles. The van der Waals surface area contributed by atoms with Crippen molar-refractivity contribution < 1.29 is 9.59 Å². The summed E-state index contributed by atoms with van der Waals surface area (Å²) in [5, 5.41) is 9.43. The summed E-state index contributed by atoms with van der Waals surface area (Å²) in [6.45, 7) is 0. The molecular weight excluding hydrogens is 316 g/mol. The van der Waals surface area contributed by atoms with Crippen molar-refractivity contribution in [3.8, 4) is 0 Å². The maximum absolute atomic E-state index is 13.1. The first-order valence-electron chi connectivity index (χ1n) is 8.91. The standard InChI is InChI=1S/C19H22N4O2/c24-18(22-15-11-20-21-12-15)17-10-14-8-4-5-9-16(14)23(17)19(25)13-6-2-1-3-7-13/h1-3,6-7,11-12,14,16-17H,4-5,8-10H2,(H,20,21)(H,22,24)/t14-,16+,17-/m0/s1. The zero-order valence-electron chi connectivity index (χ0n) is 14.0. The van der Waals surface area contributed by atoms with Crippen LogP contribution >= 0.6 is 0 Å². The molecule has 2 heterocycles.